The number of hydrogen-bond donors (Lipinski definition) is 1. The third-order valence-electron chi connectivity index (χ3n) is 2.10. The Bertz CT molecular complexity index is 398. The van der Waals surface area contributed by atoms with Crippen LogP contribution in [-0.2, 0) is 14.3 Å². The van der Waals surface area contributed by atoms with Gasteiger partial charge in [0.1, 0.15) is 12.4 Å². The molecular formula is C12H16ClNO4. The van der Waals surface area contributed by atoms with Crippen molar-refractivity contribution in [2.24, 2.45) is 0 Å². The van der Waals surface area contributed by atoms with E-state index in [2.05, 4.69) is 5.32 Å². The molecule has 1 rings (SSSR count). The van der Waals surface area contributed by atoms with Crippen LogP contribution < -0.4 is 10.1 Å². The van der Waals surface area contributed by atoms with Gasteiger partial charge in [0, 0.05) is 12.8 Å². The lowest BCUT2D eigenvalue weighted by Gasteiger charge is -2.08. The molecule has 0 bridgehead atoms. The van der Waals surface area contributed by atoms with E-state index in [-0.39, 0.29) is 12.5 Å². The van der Waals surface area contributed by atoms with E-state index in [1.165, 1.54) is 7.11 Å². The van der Waals surface area contributed by atoms with Crippen LogP contribution in [0.1, 0.15) is 0 Å². The number of benzene rings is 1. The molecule has 0 unspecified atom stereocenters. The Hall–Kier alpha value is -1.30. The molecule has 0 aliphatic heterocycles. The number of carbonyl (C=O) groups excluding carboxylic acids is 1. The summed E-state index contributed by atoms with van der Waals surface area (Å²) in [6.07, 6.45) is 0. The van der Waals surface area contributed by atoms with Crippen molar-refractivity contribution in [2.75, 3.05) is 39.4 Å². The van der Waals surface area contributed by atoms with Gasteiger partial charge in [-0.15, -0.1) is 0 Å². The number of ether oxygens (including phenoxy) is 3. The molecule has 1 aromatic carbocycles. The first-order valence-electron chi connectivity index (χ1n) is 5.37. The van der Waals surface area contributed by atoms with Crippen LogP contribution in [0.2, 0.25) is 5.02 Å². The highest BCUT2D eigenvalue weighted by Gasteiger charge is 2.05. The van der Waals surface area contributed by atoms with Crippen molar-refractivity contribution in [2.45, 2.75) is 0 Å². The monoisotopic (exact) mass is 273 g/mol. The second-order valence-corrected chi connectivity index (χ2v) is 3.85. The first-order valence-corrected chi connectivity index (χ1v) is 5.75. The highest BCUT2D eigenvalue weighted by Crippen LogP contribution is 2.27. The summed E-state index contributed by atoms with van der Waals surface area (Å²) < 4.78 is 14.9. The predicted octanol–water partition coefficient (Wildman–Crippen LogP) is 1.95. The smallest absolute Gasteiger partial charge is 0.250 e. The van der Waals surface area contributed by atoms with Gasteiger partial charge in [-0.1, -0.05) is 11.6 Å². The van der Waals surface area contributed by atoms with Gasteiger partial charge in [-0.2, -0.15) is 0 Å². The molecule has 6 heteroatoms. The molecule has 18 heavy (non-hydrogen) atoms. The number of anilines is 1. The standard InChI is InChI=1S/C12H16ClNO4/c1-16-5-6-18-8-12(15)14-9-3-4-11(17-2)10(13)7-9/h3-4,7H,5-6,8H2,1-2H3,(H,14,15). The van der Waals surface area contributed by atoms with E-state index in [1.807, 2.05) is 0 Å². The second-order valence-electron chi connectivity index (χ2n) is 3.44. The van der Waals surface area contributed by atoms with E-state index in [9.17, 15) is 4.79 Å². The Morgan fingerprint density at radius 1 is 1.33 bits per heavy atom. The lowest BCUT2D eigenvalue weighted by molar-refractivity contribution is -0.121. The molecule has 0 spiro atoms. The molecule has 0 fully saturated rings. The molecule has 1 amide bonds. The summed E-state index contributed by atoms with van der Waals surface area (Å²) in [6.45, 7) is 0.821. The van der Waals surface area contributed by atoms with E-state index in [1.54, 1.807) is 25.3 Å². The van der Waals surface area contributed by atoms with Crippen molar-refractivity contribution in [1.82, 2.24) is 0 Å². The van der Waals surface area contributed by atoms with Crippen molar-refractivity contribution in [3.05, 3.63) is 23.2 Å². The zero-order valence-corrected chi connectivity index (χ0v) is 11.1. The van der Waals surface area contributed by atoms with E-state index >= 15 is 0 Å². The van der Waals surface area contributed by atoms with Crippen LogP contribution in [0.4, 0.5) is 5.69 Å². The van der Waals surface area contributed by atoms with E-state index in [0.29, 0.717) is 29.7 Å². The maximum atomic E-state index is 11.5. The highest BCUT2D eigenvalue weighted by molar-refractivity contribution is 6.32. The van der Waals surface area contributed by atoms with Crippen molar-refractivity contribution in [1.29, 1.82) is 0 Å². The largest absolute Gasteiger partial charge is 0.495 e. The van der Waals surface area contributed by atoms with Gasteiger partial charge in [-0.05, 0) is 18.2 Å². The molecule has 0 saturated heterocycles. The summed E-state index contributed by atoms with van der Waals surface area (Å²) >= 11 is 5.93. The molecule has 0 aliphatic carbocycles. The van der Waals surface area contributed by atoms with Gasteiger partial charge >= 0.3 is 0 Å². The predicted molar refractivity (Wildman–Crippen MR) is 69.3 cm³/mol. The van der Waals surface area contributed by atoms with Crippen LogP contribution in [0, 0.1) is 0 Å². The lowest BCUT2D eigenvalue weighted by Crippen LogP contribution is -2.19. The average Bonchev–Trinajstić information content (AvgIpc) is 2.35. The maximum Gasteiger partial charge on any atom is 0.250 e. The number of carbonyl (C=O) groups is 1. The summed E-state index contributed by atoms with van der Waals surface area (Å²) in [7, 11) is 3.10. The third kappa shape index (κ3) is 4.91. The van der Waals surface area contributed by atoms with Crippen LogP contribution >= 0.6 is 11.6 Å². The average molecular weight is 274 g/mol. The van der Waals surface area contributed by atoms with Gasteiger partial charge in [0.15, 0.2) is 0 Å². The van der Waals surface area contributed by atoms with Gasteiger partial charge in [-0.25, -0.2) is 0 Å². The van der Waals surface area contributed by atoms with Gasteiger partial charge in [0.05, 0.1) is 25.3 Å². The van der Waals surface area contributed by atoms with E-state index in [4.69, 9.17) is 25.8 Å². The van der Waals surface area contributed by atoms with Gasteiger partial charge in [0.25, 0.3) is 0 Å². The summed E-state index contributed by atoms with van der Waals surface area (Å²) in [4.78, 5) is 11.5. The molecule has 0 heterocycles. The molecule has 100 valence electrons. The zero-order valence-electron chi connectivity index (χ0n) is 10.4. The van der Waals surface area contributed by atoms with Crippen molar-refractivity contribution in [3.8, 4) is 5.75 Å². The Morgan fingerprint density at radius 3 is 2.72 bits per heavy atom. The molecule has 0 aliphatic rings. The molecular weight excluding hydrogens is 258 g/mol. The minimum atomic E-state index is -0.243. The molecule has 0 aromatic heterocycles. The summed E-state index contributed by atoms with van der Waals surface area (Å²) in [5.41, 5.74) is 0.598. The molecule has 1 N–H and O–H groups in total. The summed E-state index contributed by atoms with van der Waals surface area (Å²) in [6, 6.07) is 5.01. The molecule has 0 saturated carbocycles. The van der Waals surface area contributed by atoms with Crippen LogP contribution in [-0.4, -0.2) is 39.9 Å². The fourth-order valence-electron chi connectivity index (χ4n) is 1.25. The number of hydrogen-bond acceptors (Lipinski definition) is 4. The van der Waals surface area contributed by atoms with Crippen molar-refractivity contribution >= 4 is 23.2 Å². The summed E-state index contributed by atoms with van der Waals surface area (Å²) in [5, 5.41) is 3.11. The first-order chi connectivity index (χ1) is 8.67. The maximum absolute atomic E-state index is 11.5. The zero-order chi connectivity index (χ0) is 13.4. The van der Waals surface area contributed by atoms with Crippen molar-refractivity contribution < 1.29 is 19.0 Å². The van der Waals surface area contributed by atoms with Gasteiger partial charge in [-0.3, -0.25) is 4.79 Å². The van der Waals surface area contributed by atoms with Crippen molar-refractivity contribution in [3.63, 3.8) is 0 Å². The van der Waals surface area contributed by atoms with Crippen LogP contribution in [0.3, 0.4) is 0 Å². The second kappa shape index (κ2) is 7.92. The number of methoxy groups -OCH3 is 2. The van der Waals surface area contributed by atoms with Gasteiger partial charge < -0.3 is 19.5 Å². The topological polar surface area (TPSA) is 56.8 Å². The normalized spacial score (nSPS) is 10.2. The first kappa shape index (κ1) is 14.8. The number of nitrogens with one attached hydrogen (secondary N) is 1. The van der Waals surface area contributed by atoms with Crippen LogP contribution in [0.25, 0.3) is 0 Å². The fourth-order valence-corrected chi connectivity index (χ4v) is 1.51. The quantitative estimate of drug-likeness (QED) is 0.772. The number of rotatable bonds is 7. The number of amides is 1. The molecule has 0 atom stereocenters. The van der Waals surface area contributed by atoms with Crippen LogP contribution in [0.5, 0.6) is 5.75 Å². The minimum absolute atomic E-state index is 0.0208. The number of halogens is 1. The Kier molecular flexibility index (Phi) is 6.49. The Balaban J connectivity index is 2.42. The van der Waals surface area contributed by atoms with Gasteiger partial charge in [0.2, 0.25) is 5.91 Å². The molecule has 1 aromatic rings. The molecule has 0 radical (unpaired) electrons. The summed E-state index contributed by atoms with van der Waals surface area (Å²) in [5.74, 6) is 0.318. The van der Waals surface area contributed by atoms with E-state index < -0.39 is 0 Å². The Morgan fingerprint density at radius 2 is 2.11 bits per heavy atom. The highest BCUT2D eigenvalue weighted by atomic mass is 35.5. The Labute approximate surface area is 111 Å². The SMILES string of the molecule is COCCOCC(=O)Nc1ccc(OC)c(Cl)c1. The van der Waals surface area contributed by atoms with E-state index in [0.717, 1.165) is 0 Å². The lowest BCUT2D eigenvalue weighted by atomic mass is 10.3. The third-order valence-corrected chi connectivity index (χ3v) is 2.40. The fraction of sp³-hybridized carbons (Fsp3) is 0.417. The molecule has 5 nitrogen and oxygen atoms in total. The van der Waals surface area contributed by atoms with Crippen LogP contribution in [0.15, 0.2) is 18.2 Å². The minimum Gasteiger partial charge on any atom is -0.495 e.